The van der Waals surface area contributed by atoms with Gasteiger partial charge in [0.25, 0.3) is 0 Å². The van der Waals surface area contributed by atoms with Gasteiger partial charge in [-0.2, -0.15) is 0 Å². The van der Waals surface area contributed by atoms with Gasteiger partial charge in [-0.25, -0.2) is 0 Å². The molecular weight excluding hydrogens is 311 g/mol. The van der Waals surface area contributed by atoms with Crippen molar-refractivity contribution in [3.05, 3.63) is 28.2 Å². The Labute approximate surface area is 114 Å². The van der Waals surface area contributed by atoms with Gasteiger partial charge in [0.1, 0.15) is 0 Å². The van der Waals surface area contributed by atoms with E-state index in [1.165, 1.54) is 19.3 Å². The van der Waals surface area contributed by atoms with E-state index >= 15 is 0 Å². The van der Waals surface area contributed by atoms with Crippen LogP contribution >= 0.6 is 39.1 Å². The third-order valence-electron chi connectivity index (χ3n) is 3.14. The van der Waals surface area contributed by atoms with Gasteiger partial charge in [-0.1, -0.05) is 51.6 Å². The minimum absolute atomic E-state index is 0.280. The van der Waals surface area contributed by atoms with E-state index in [1.54, 1.807) is 12.1 Å². The number of alkyl halides is 1. The third kappa shape index (κ3) is 2.49. The van der Waals surface area contributed by atoms with E-state index in [-0.39, 0.29) is 5.41 Å². The van der Waals surface area contributed by atoms with Crippen LogP contribution in [-0.2, 0) is 0 Å². The van der Waals surface area contributed by atoms with E-state index < -0.39 is 0 Å². The molecule has 4 heteroatoms. The lowest BCUT2D eigenvalue weighted by atomic mass is 9.71. The summed E-state index contributed by atoms with van der Waals surface area (Å²) in [5, 5.41) is 2.13. The minimum atomic E-state index is 0.280. The summed E-state index contributed by atoms with van der Waals surface area (Å²) in [5.74, 6) is 0.609. The van der Waals surface area contributed by atoms with E-state index in [4.69, 9.17) is 27.9 Å². The first-order valence-electron chi connectivity index (χ1n) is 5.30. The average Bonchev–Trinajstić information content (AvgIpc) is 2.20. The second-order valence-corrected chi connectivity index (χ2v) is 5.70. The highest BCUT2D eigenvalue weighted by molar-refractivity contribution is 9.09. The Kier molecular flexibility index (Phi) is 4.04. The second-order valence-electron chi connectivity index (χ2n) is 4.33. The Morgan fingerprint density at radius 1 is 1.25 bits per heavy atom. The Morgan fingerprint density at radius 3 is 2.31 bits per heavy atom. The van der Waals surface area contributed by atoms with Crippen LogP contribution in [0.2, 0.25) is 10.0 Å². The van der Waals surface area contributed by atoms with Gasteiger partial charge in [0.05, 0.1) is 16.7 Å². The lowest BCUT2D eigenvalue weighted by Gasteiger charge is -2.40. The molecule has 0 aromatic heterocycles. The molecule has 1 aliphatic carbocycles. The van der Waals surface area contributed by atoms with Gasteiger partial charge in [-0.15, -0.1) is 0 Å². The van der Waals surface area contributed by atoms with Gasteiger partial charge in [-0.3, -0.25) is 0 Å². The number of rotatable bonds is 4. The molecule has 0 aliphatic heterocycles. The topological polar surface area (TPSA) is 9.23 Å². The summed E-state index contributed by atoms with van der Waals surface area (Å²) in [6.45, 7) is 0.682. The van der Waals surface area contributed by atoms with Crippen LogP contribution in [0.4, 0.5) is 0 Å². The first-order chi connectivity index (χ1) is 7.67. The van der Waals surface area contributed by atoms with Gasteiger partial charge in [-0.05, 0) is 25.0 Å². The van der Waals surface area contributed by atoms with Crippen molar-refractivity contribution in [1.82, 2.24) is 0 Å². The van der Waals surface area contributed by atoms with E-state index in [0.29, 0.717) is 22.4 Å². The molecule has 0 radical (unpaired) electrons. The zero-order valence-electron chi connectivity index (χ0n) is 8.81. The first kappa shape index (κ1) is 12.5. The van der Waals surface area contributed by atoms with E-state index in [2.05, 4.69) is 15.9 Å². The molecule has 0 bridgehead atoms. The molecule has 0 amide bonds. The molecule has 1 aliphatic rings. The molecule has 1 aromatic rings. The number of hydrogen-bond acceptors (Lipinski definition) is 1. The van der Waals surface area contributed by atoms with Gasteiger partial charge in [0.15, 0.2) is 5.75 Å². The summed E-state index contributed by atoms with van der Waals surface area (Å²) in [6.07, 6.45) is 3.70. The van der Waals surface area contributed by atoms with Crippen LogP contribution in [0.15, 0.2) is 18.2 Å². The fourth-order valence-corrected chi connectivity index (χ4v) is 3.07. The molecular formula is C12H13BrCl2O. The van der Waals surface area contributed by atoms with Crippen LogP contribution in [0.1, 0.15) is 19.3 Å². The highest BCUT2D eigenvalue weighted by Gasteiger charge is 2.37. The smallest absolute Gasteiger partial charge is 0.156 e. The van der Waals surface area contributed by atoms with Crippen LogP contribution < -0.4 is 4.74 Å². The molecule has 1 aromatic carbocycles. The van der Waals surface area contributed by atoms with E-state index in [1.807, 2.05) is 6.07 Å². The van der Waals surface area contributed by atoms with Crippen molar-refractivity contribution in [2.24, 2.45) is 5.41 Å². The summed E-state index contributed by atoms with van der Waals surface area (Å²) in [7, 11) is 0. The maximum Gasteiger partial charge on any atom is 0.156 e. The quantitative estimate of drug-likeness (QED) is 0.713. The number of benzene rings is 1. The summed E-state index contributed by atoms with van der Waals surface area (Å²) in [6, 6.07) is 5.41. The summed E-state index contributed by atoms with van der Waals surface area (Å²) < 4.78 is 5.77. The maximum absolute atomic E-state index is 6.04. The Balaban J connectivity index is 2.04. The molecule has 1 nitrogen and oxygen atoms in total. The van der Waals surface area contributed by atoms with Gasteiger partial charge in [0, 0.05) is 10.7 Å². The van der Waals surface area contributed by atoms with Crippen molar-refractivity contribution in [3.8, 4) is 5.75 Å². The molecule has 1 saturated carbocycles. The molecule has 2 rings (SSSR count). The van der Waals surface area contributed by atoms with Crippen molar-refractivity contribution in [2.45, 2.75) is 19.3 Å². The monoisotopic (exact) mass is 322 g/mol. The normalized spacial score (nSPS) is 17.9. The fourth-order valence-electron chi connectivity index (χ4n) is 1.84. The molecule has 0 unspecified atom stereocenters. The predicted molar refractivity (Wildman–Crippen MR) is 72.0 cm³/mol. The average molecular weight is 324 g/mol. The Morgan fingerprint density at radius 2 is 1.88 bits per heavy atom. The van der Waals surface area contributed by atoms with Crippen molar-refractivity contribution in [3.63, 3.8) is 0 Å². The Hall–Kier alpha value is 0.0800. The number of para-hydroxylation sites is 1. The zero-order valence-corrected chi connectivity index (χ0v) is 11.9. The predicted octanol–water partition coefficient (Wildman–Crippen LogP) is 4.94. The lowest BCUT2D eigenvalue weighted by Crippen LogP contribution is -2.37. The molecule has 0 saturated heterocycles. The minimum Gasteiger partial charge on any atom is -0.490 e. The molecule has 0 spiro atoms. The SMILES string of the molecule is Clc1cccc(Cl)c1OCC1(CBr)CCC1. The molecule has 88 valence electrons. The molecule has 1 fully saturated rings. The molecule has 0 N–H and O–H groups in total. The fraction of sp³-hybridized carbons (Fsp3) is 0.500. The largest absolute Gasteiger partial charge is 0.490 e. The molecule has 16 heavy (non-hydrogen) atoms. The highest BCUT2D eigenvalue weighted by atomic mass is 79.9. The first-order valence-corrected chi connectivity index (χ1v) is 7.17. The van der Waals surface area contributed by atoms with Crippen molar-refractivity contribution in [1.29, 1.82) is 0 Å². The van der Waals surface area contributed by atoms with Gasteiger partial charge in [0.2, 0.25) is 0 Å². The standard InChI is InChI=1S/C12H13BrCl2O/c13-7-12(5-2-6-12)8-16-11-9(14)3-1-4-10(11)15/h1,3-4H,2,5-8H2. The summed E-state index contributed by atoms with van der Waals surface area (Å²) in [5.41, 5.74) is 0.280. The molecule has 0 heterocycles. The van der Waals surface area contributed by atoms with Gasteiger partial charge >= 0.3 is 0 Å². The number of ether oxygens (including phenoxy) is 1. The van der Waals surface area contributed by atoms with Crippen molar-refractivity contribution < 1.29 is 4.74 Å². The van der Waals surface area contributed by atoms with Gasteiger partial charge < -0.3 is 4.74 Å². The number of halogens is 3. The lowest BCUT2D eigenvalue weighted by molar-refractivity contribution is 0.0839. The van der Waals surface area contributed by atoms with Crippen LogP contribution in [0.3, 0.4) is 0 Å². The summed E-state index contributed by atoms with van der Waals surface area (Å²) in [4.78, 5) is 0. The van der Waals surface area contributed by atoms with E-state index in [0.717, 1.165) is 5.33 Å². The zero-order chi connectivity index (χ0) is 11.6. The second kappa shape index (κ2) is 5.16. The van der Waals surface area contributed by atoms with Crippen LogP contribution in [0.25, 0.3) is 0 Å². The van der Waals surface area contributed by atoms with Crippen LogP contribution in [-0.4, -0.2) is 11.9 Å². The van der Waals surface area contributed by atoms with Crippen molar-refractivity contribution >= 4 is 39.1 Å². The van der Waals surface area contributed by atoms with Crippen molar-refractivity contribution in [2.75, 3.05) is 11.9 Å². The molecule has 0 atom stereocenters. The summed E-state index contributed by atoms with van der Waals surface area (Å²) >= 11 is 15.6. The third-order valence-corrected chi connectivity index (χ3v) is 4.92. The van der Waals surface area contributed by atoms with Crippen LogP contribution in [0, 0.1) is 5.41 Å². The number of hydrogen-bond donors (Lipinski definition) is 0. The van der Waals surface area contributed by atoms with E-state index in [9.17, 15) is 0 Å². The van der Waals surface area contributed by atoms with Crippen LogP contribution in [0.5, 0.6) is 5.75 Å². The Bertz CT molecular complexity index is 352. The maximum atomic E-state index is 6.04. The highest BCUT2D eigenvalue weighted by Crippen LogP contribution is 2.43.